The van der Waals surface area contributed by atoms with Crippen LogP contribution in [-0.2, 0) is 5.41 Å². The molecule has 5 rings (SSSR count). The largest absolute Gasteiger partial charge is 0.391 e. The maximum Gasteiger partial charge on any atom is 0.255 e. The third-order valence-electron chi connectivity index (χ3n) is 7.37. The van der Waals surface area contributed by atoms with Crippen LogP contribution < -0.4 is 21.3 Å². The number of hydrogen-bond donors (Lipinski definition) is 4. The summed E-state index contributed by atoms with van der Waals surface area (Å²) in [6.07, 6.45) is 1.53. The molecule has 2 heterocycles. The number of hydrogen-bond acceptors (Lipinski definition) is 8. The molecule has 9 heteroatoms. The van der Waals surface area contributed by atoms with Crippen LogP contribution in [0, 0.1) is 6.92 Å². The second-order valence-electron chi connectivity index (χ2n) is 11.5. The van der Waals surface area contributed by atoms with Crippen molar-refractivity contribution in [1.82, 2.24) is 15.0 Å². The highest BCUT2D eigenvalue weighted by molar-refractivity contribution is 6.05. The zero-order valence-electron chi connectivity index (χ0n) is 24.0. The van der Waals surface area contributed by atoms with E-state index in [9.17, 15) is 9.90 Å². The molecule has 0 saturated carbocycles. The molecule has 0 aliphatic carbocycles. The Morgan fingerprint density at radius 3 is 2.41 bits per heavy atom. The van der Waals surface area contributed by atoms with E-state index in [0.29, 0.717) is 29.6 Å². The molecule has 41 heavy (non-hydrogen) atoms. The number of aliphatic hydroxyl groups is 1. The van der Waals surface area contributed by atoms with Gasteiger partial charge in [-0.25, -0.2) is 0 Å². The molecule has 3 aromatic carbocycles. The van der Waals surface area contributed by atoms with E-state index >= 15 is 0 Å². The number of nitrogens with zero attached hydrogens (tertiary/aromatic N) is 4. The summed E-state index contributed by atoms with van der Waals surface area (Å²) >= 11 is 0. The lowest BCUT2D eigenvalue weighted by molar-refractivity contribution is 0.102. The van der Waals surface area contributed by atoms with Gasteiger partial charge in [-0.3, -0.25) is 4.79 Å². The number of aliphatic hydroxyl groups excluding tert-OH is 1. The van der Waals surface area contributed by atoms with Gasteiger partial charge in [0.05, 0.1) is 6.10 Å². The Morgan fingerprint density at radius 2 is 1.73 bits per heavy atom. The molecule has 5 N–H and O–H groups in total. The van der Waals surface area contributed by atoms with Crippen molar-refractivity contribution < 1.29 is 9.90 Å². The number of amides is 1. The van der Waals surface area contributed by atoms with E-state index < -0.39 is 0 Å². The van der Waals surface area contributed by atoms with Crippen molar-refractivity contribution in [2.45, 2.75) is 52.1 Å². The highest BCUT2D eigenvalue weighted by Crippen LogP contribution is 2.29. The molecule has 1 aromatic heterocycles. The van der Waals surface area contributed by atoms with Crippen LogP contribution in [0.2, 0.25) is 0 Å². The Kier molecular flexibility index (Phi) is 7.90. The molecular formula is C32H37N7O2. The lowest BCUT2D eigenvalue weighted by Gasteiger charge is -2.32. The van der Waals surface area contributed by atoms with Gasteiger partial charge in [0.2, 0.25) is 11.9 Å². The second-order valence-corrected chi connectivity index (χ2v) is 11.5. The zero-order valence-corrected chi connectivity index (χ0v) is 24.0. The lowest BCUT2D eigenvalue weighted by Crippen LogP contribution is -2.38. The van der Waals surface area contributed by atoms with Crippen molar-refractivity contribution in [2.75, 3.05) is 34.4 Å². The molecule has 1 fully saturated rings. The van der Waals surface area contributed by atoms with E-state index in [2.05, 4.69) is 51.3 Å². The second kappa shape index (κ2) is 11.5. The van der Waals surface area contributed by atoms with Crippen LogP contribution in [0.4, 0.5) is 29.0 Å². The fraction of sp³-hybridized carbons (Fsp3) is 0.312. The molecule has 1 aliphatic rings. The summed E-state index contributed by atoms with van der Waals surface area (Å²) in [6, 6.07) is 21.2. The van der Waals surface area contributed by atoms with Gasteiger partial charge in [-0.2, -0.15) is 15.0 Å². The number of carbonyl (C=O) groups excluding carboxylic acids is 1. The summed E-state index contributed by atoms with van der Waals surface area (Å²) in [5.41, 5.74) is 11.9. The van der Waals surface area contributed by atoms with Crippen LogP contribution in [0.15, 0.2) is 66.7 Å². The topological polar surface area (TPSA) is 129 Å². The Bertz CT molecular complexity index is 1530. The van der Waals surface area contributed by atoms with E-state index in [-0.39, 0.29) is 23.4 Å². The van der Waals surface area contributed by atoms with Gasteiger partial charge in [-0.05, 0) is 78.8 Å². The molecule has 0 spiro atoms. The van der Waals surface area contributed by atoms with Crippen LogP contribution in [0.1, 0.15) is 55.1 Å². The van der Waals surface area contributed by atoms with Gasteiger partial charge in [-0.15, -0.1) is 0 Å². The van der Waals surface area contributed by atoms with E-state index in [1.165, 1.54) is 5.56 Å². The third-order valence-corrected chi connectivity index (χ3v) is 7.37. The molecule has 0 bridgehead atoms. The Morgan fingerprint density at radius 1 is 1.00 bits per heavy atom. The van der Waals surface area contributed by atoms with Crippen molar-refractivity contribution >= 4 is 34.9 Å². The van der Waals surface area contributed by atoms with Crippen LogP contribution >= 0.6 is 0 Å². The number of nitrogens with two attached hydrogens (primary N) is 1. The molecule has 1 amide bonds. The molecule has 9 nitrogen and oxygen atoms in total. The van der Waals surface area contributed by atoms with Crippen LogP contribution in [0.3, 0.4) is 0 Å². The van der Waals surface area contributed by atoms with E-state index in [1.54, 1.807) is 0 Å². The summed E-state index contributed by atoms with van der Waals surface area (Å²) in [4.78, 5) is 28.5. The van der Waals surface area contributed by atoms with Gasteiger partial charge in [0, 0.05) is 41.3 Å². The van der Waals surface area contributed by atoms with Gasteiger partial charge >= 0.3 is 0 Å². The number of β-amino-alcohol motifs (C(OH)–C–C–N with tert-alkyl or cyclic N) is 1. The van der Waals surface area contributed by atoms with Crippen molar-refractivity contribution in [2.24, 2.45) is 0 Å². The fourth-order valence-corrected chi connectivity index (χ4v) is 4.97. The zero-order chi connectivity index (χ0) is 29.1. The molecular weight excluding hydrogens is 514 g/mol. The Labute approximate surface area is 240 Å². The maximum atomic E-state index is 13.0. The summed E-state index contributed by atoms with van der Waals surface area (Å²) in [5.74, 6) is 0.624. The molecule has 4 aromatic rings. The number of piperidine rings is 1. The summed E-state index contributed by atoms with van der Waals surface area (Å²) in [5, 5.41) is 16.2. The Hall–Kier alpha value is -4.50. The van der Waals surface area contributed by atoms with Gasteiger partial charge in [0.25, 0.3) is 5.91 Å². The molecule has 1 aliphatic heterocycles. The molecule has 1 atom stereocenters. The van der Waals surface area contributed by atoms with Crippen molar-refractivity contribution in [3.63, 3.8) is 0 Å². The van der Waals surface area contributed by atoms with Gasteiger partial charge in [-0.1, -0.05) is 45.0 Å². The number of nitrogen functional groups attached to an aromatic ring is 1. The van der Waals surface area contributed by atoms with Crippen molar-refractivity contribution in [3.05, 3.63) is 83.4 Å². The summed E-state index contributed by atoms with van der Waals surface area (Å²) < 4.78 is 0. The molecule has 212 valence electrons. The predicted molar refractivity (Wildman–Crippen MR) is 165 cm³/mol. The highest BCUT2D eigenvalue weighted by Gasteiger charge is 2.19. The normalized spacial score (nSPS) is 15.4. The SMILES string of the molecule is Cc1c(NC(=O)c2ccc(C(C)(C)C)cc2)cccc1-c1nc(N)nc(Nc2ccc(N3CCCC(O)C3)cc2)n1. The van der Waals surface area contributed by atoms with Gasteiger partial charge in [0.15, 0.2) is 5.82 Å². The van der Waals surface area contributed by atoms with Crippen LogP contribution in [0.5, 0.6) is 0 Å². The minimum absolute atomic E-state index is 0.0149. The first-order valence-corrected chi connectivity index (χ1v) is 13.9. The Balaban J connectivity index is 1.33. The average molecular weight is 552 g/mol. The minimum atomic E-state index is -0.288. The first-order chi connectivity index (χ1) is 19.6. The van der Waals surface area contributed by atoms with Crippen molar-refractivity contribution in [1.29, 1.82) is 0 Å². The van der Waals surface area contributed by atoms with Gasteiger partial charge < -0.3 is 26.4 Å². The quantitative estimate of drug-likeness (QED) is 0.241. The van der Waals surface area contributed by atoms with E-state index in [0.717, 1.165) is 41.9 Å². The van der Waals surface area contributed by atoms with Crippen LogP contribution in [-0.4, -0.2) is 45.2 Å². The smallest absolute Gasteiger partial charge is 0.255 e. The van der Waals surface area contributed by atoms with Crippen molar-refractivity contribution in [3.8, 4) is 11.4 Å². The number of aromatic nitrogens is 3. The number of carbonyl (C=O) groups is 1. The lowest BCUT2D eigenvalue weighted by atomic mass is 9.86. The number of anilines is 5. The first-order valence-electron chi connectivity index (χ1n) is 13.9. The van der Waals surface area contributed by atoms with E-state index in [1.807, 2.05) is 73.7 Å². The fourth-order valence-electron chi connectivity index (χ4n) is 4.97. The number of rotatable bonds is 6. The average Bonchev–Trinajstić information content (AvgIpc) is 2.94. The van der Waals surface area contributed by atoms with Gasteiger partial charge in [0.1, 0.15) is 0 Å². The first kappa shape index (κ1) is 28.0. The summed E-state index contributed by atoms with van der Waals surface area (Å²) in [7, 11) is 0. The van der Waals surface area contributed by atoms with Crippen LogP contribution in [0.25, 0.3) is 11.4 Å². The number of benzene rings is 3. The summed E-state index contributed by atoms with van der Waals surface area (Å²) in [6.45, 7) is 9.92. The number of nitrogens with one attached hydrogen (secondary N) is 2. The molecule has 1 unspecified atom stereocenters. The standard InChI is InChI=1S/C32H37N7O2/c1-20-26(8-5-9-27(20)35-29(41)21-10-12-22(13-11-21)32(2,3)4)28-36-30(33)38-31(37-28)34-23-14-16-24(17-15-23)39-18-6-7-25(40)19-39/h5,8-17,25,40H,6-7,18-19H2,1-4H3,(H,35,41)(H3,33,34,36,37,38). The molecule has 0 radical (unpaired) electrons. The highest BCUT2D eigenvalue weighted by atomic mass is 16.3. The third kappa shape index (κ3) is 6.63. The monoisotopic (exact) mass is 551 g/mol. The maximum absolute atomic E-state index is 13.0. The predicted octanol–water partition coefficient (Wildman–Crippen LogP) is 5.68. The molecule has 1 saturated heterocycles. The van der Waals surface area contributed by atoms with E-state index in [4.69, 9.17) is 5.73 Å². The minimum Gasteiger partial charge on any atom is -0.391 e.